The Hall–Kier alpha value is -1.76. The predicted octanol–water partition coefficient (Wildman–Crippen LogP) is 1.16. The smallest absolute Gasteiger partial charge is 0.276 e. The summed E-state index contributed by atoms with van der Waals surface area (Å²) in [6, 6.07) is 1.44. The summed E-state index contributed by atoms with van der Waals surface area (Å²) in [5.74, 6) is -2.66. The Bertz CT molecular complexity index is 677. The molecule has 5 nitrogen and oxygen atoms in total. The van der Waals surface area contributed by atoms with Crippen molar-refractivity contribution in [2.45, 2.75) is 25.0 Å². The van der Waals surface area contributed by atoms with Crippen LogP contribution in [0.1, 0.15) is 6.42 Å². The second-order valence-corrected chi connectivity index (χ2v) is 4.70. The van der Waals surface area contributed by atoms with Crippen molar-refractivity contribution >= 4 is 11.0 Å². The average molecular weight is 269 g/mol. The lowest BCUT2D eigenvalue weighted by Crippen LogP contribution is -2.14. The van der Waals surface area contributed by atoms with Gasteiger partial charge in [0.05, 0.1) is 18.2 Å². The van der Waals surface area contributed by atoms with Crippen LogP contribution in [-0.2, 0) is 18.3 Å². The van der Waals surface area contributed by atoms with E-state index in [1.54, 1.807) is 22.5 Å². The van der Waals surface area contributed by atoms with Gasteiger partial charge in [-0.3, -0.25) is 9.48 Å². The first-order valence-electron chi connectivity index (χ1n) is 5.99. The Kier molecular flexibility index (Phi) is 2.67. The molecule has 1 atom stereocenters. The van der Waals surface area contributed by atoms with Crippen LogP contribution in [0.25, 0.3) is 11.0 Å². The Morgan fingerprint density at radius 1 is 1.58 bits per heavy atom. The minimum Gasteiger partial charge on any atom is -0.370 e. The van der Waals surface area contributed by atoms with E-state index in [-0.39, 0.29) is 18.5 Å². The van der Waals surface area contributed by atoms with Crippen molar-refractivity contribution in [3.8, 4) is 0 Å². The first-order valence-corrected chi connectivity index (χ1v) is 5.99. The van der Waals surface area contributed by atoms with Gasteiger partial charge in [-0.25, -0.2) is 8.78 Å². The Morgan fingerprint density at radius 2 is 2.32 bits per heavy atom. The van der Waals surface area contributed by atoms with Crippen LogP contribution in [0.4, 0.5) is 8.78 Å². The fourth-order valence-electron chi connectivity index (χ4n) is 2.11. The molecule has 3 rings (SSSR count). The van der Waals surface area contributed by atoms with E-state index >= 15 is 0 Å². The first kappa shape index (κ1) is 12.3. The zero-order chi connectivity index (χ0) is 13.6. The number of aromatic nitrogens is 3. The van der Waals surface area contributed by atoms with E-state index in [1.807, 2.05) is 0 Å². The molecule has 1 saturated carbocycles. The molecule has 0 bridgehead atoms. The fourth-order valence-corrected chi connectivity index (χ4v) is 2.11. The molecule has 7 heteroatoms. The minimum atomic E-state index is -2.66. The van der Waals surface area contributed by atoms with Crippen molar-refractivity contribution in [2.24, 2.45) is 7.05 Å². The van der Waals surface area contributed by atoms with Crippen molar-refractivity contribution in [1.82, 2.24) is 14.3 Å². The number of rotatable bonds is 4. The quantitative estimate of drug-likeness (QED) is 0.837. The van der Waals surface area contributed by atoms with Crippen LogP contribution in [0, 0.1) is 0 Å². The lowest BCUT2D eigenvalue weighted by molar-refractivity contribution is 0.0109. The normalized spacial score (nSPS) is 20.9. The fraction of sp³-hybridized carbons (Fsp3) is 0.500. The lowest BCUT2D eigenvalue weighted by atomic mass is 10.3. The van der Waals surface area contributed by atoms with Gasteiger partial charge >= 0.3 is 0 Å². The van der Waals surface area contributed by atoms with Crippen LogP contribution in [0.15, 0.2) is 23.3 Å². The molecular formula is C12H13F2N3O2. The van der Waals surface area contributed by atoms with Crippen molar-refractivity contribution in [3.05, 3.63) is 28.7 Å². The summed E-state index contributed by atoms with van der Waals surface area (Å²) in [6.45, 7) is 0.590. The second-order valence-electron chi connectivity index (χ2n) is 4.70. The maximum Gasteiger partial charge on any atom is 0.276 e. The molecule has 0 aromatic carbocycles. The highest BCUT2D eigenvalue weighted by atomic mass is 19.3. The number of aryl methyl sites for hydroxylation is 1. The monoisotopic (exact) mass is 269 g/mol. The number of ether oxygens (including phenoxy) is 1. The molecule has 2 aromatic rings. The zero-order valence-electron chi connectivity index (χ0n) is 10.3. The number of pyridine rings is 1. The van der Waals surface area contributed by atoms with Crippen LogP contribution >= 0.6 is 0 Å². The summed E-state index contributed by atoms with van der Waals surface area (Å²) in [7, 11) is 1.73. The number of alkyl halides is 2. The van der Waals surface area contributed by atoms with Crippen molar-refractivity contribution < 1.29 is 13.5 Å². The Labute approximate surface area is 107 Å². The minimum absolute atomic E-state index is 0.103. The van der Waals surface area contributed by atoms with E-state index in [9.17, 15) is 13.6 Å². The molecule has 1 aliphatic rings. The van der Waals surface area contributed by atoms with Gasteiger partial charge in [-0.1, -0.05) is 0 Å². The summed E-state index contributed by atoms with van der Waals surface area (Å²) >= 11 is 0. The lowest BCUT2D eigenvalue weighted by Gasteiger charge is -2.09. The highest BCUT2D eigenvalue weighted by molar-refractivity contribution is 5.74. The molecule has 2 aromatic heterocycles. The standard InChI is InChI=1S/C12H13F2N3O2/c1-16-11-8(7-15-16)9(18)2-3-17(11)4-5-19-10-6-12(10,13)14/h2-3,7,10H,4-6H2,1H3. The molecule has 1 unspecified atom stereocenters. The van der Waals surface area contributed by atoms with Crippen LogP contribution < -0.4 is 5.43 Å². The largest absolute Gasteiger partial charge is 0.370 e. The van der Waals surface area contributed by atoms with Gasteiger partial charge in [0.25, 0.3) is 5.92 Å². The topological polar surface area (TPSA) is 49.0 Å². The molecule has 2 heterocycles. The molecule has 1 fully saturated rings. The van der Waals surface area contributed by atoms with Gasteiger partial charge in [-0.15, -0.1) is 0 Å². The Morgan fingerprint density at radius 3 is 3.00 bits per heavy atom. The summed E-state index contributed by atoms with van der Waals surface area (Å²) in [4.78, 5) is 11.6. The molecule has 0 radical (unpaired) electrons. The van der Waals surface area contributed by atoms with Crippen molar-refractivity contribution in [3.63, 3.8) is 0 Å². The molecule has 0 spiro atoms. The summed E-state index contributed by atoms with van der Waals surface area (Å²) in [5.41, 5.74) is 0.563. The zero-order valence-corrected chi connectivity index (χ0v) is 10.3. The number of hydrogen-bond acceptors (Lipinski definition) is 3. The Balaban J connectivity index is 1.76. The van der Waals surface area contributed by atoms with E-state index in [1.165, 1.54) is 12.3 Å². The van der Waals surface area contributed by atoms with Crippen LogP contribution in [-0.4, -0.2) is 33.0 Å². The number of hydrogen-bond donors (Lipinski definition) is 0. The van der Waals surface area contributed by atoms with Crippen LogP contribution in [0.5, 0.6) is 0 Å². The molecule has 0 aliphatic heterocycles. The van der Waals surface area contributed by atoms with Gasteiger partial charge in [0.2, 0.25) is 0 Å². The van der Waals surface area contributed by atoms with Gasteiger partial charge < -0.3 is 9.30 Å². The second kappa shape index (κ2) is 4.12. The molecule has 0 N–H and O–H groups in total. The SMILES string of the molecule is Cn1ncc2c(=O)ccn(CCOC3CC3(F)F)c21. The first-order chi connectivity index (χ1) is 8.99. The van der Waals surface area contributed by atoms with Gasteiger partial charge in [0, 0.05) is 32.3 Å². The maximum atomic E-state index is 12.7. The molecular weight excluding hydrogens is 256 g/mol. The third-order valence-corrected chi connectivity index (χ3v) is 3.27. The molecule has 19 heavy (non-hydrogen) atoms. The van der Waals surface area contributed by atoms with E-state index < -0.39 is 12.0 Å². The van der Waals surface area contributed by atoms with Gasteiger partial charge in [-0.05, 0) is 0 Å². The average Bonchev–Trinajstić information content (AvgIpc) is 2.78. The molecule has 0 saturated heterocycles. The summed E-state index contributed by atoms with van der Waals surface area (Å²) < 4.78 is 33.8. The third-order valence-electron chi connectivity index (χ3n) is 3.27. The molecule has 102 valence electrons. The summed E-state index contributed by atoms with van der Waals surface area (Å²) in [6.07, 6.45) is 1.98. The van der Waals surface area contributed by atoms with E-state index in [2.05, 4.69) is 5.10 Å². The van der Waals surface area contributed by atoms with E-state index in [0.717, 1.165) is 0 Å². The highest BCUT2D eigenvalue weighted by Crippen LogP contribution is 2.44. The number of fused-ring (bicyclic) bond motifs is 1. The summed E-state index contributed by atoms with van der Waals surface area (Å²) in [5, 5.41) is 4.55. The van der Waals surface area contributed by atoms with Crippen LogP contribution in [0.3, 0.4) is 0 Å². The van der Waals surface area contributed by atoms with Gasteiger partial charge in [0.1, 0.15) is 11.8 Å². The van der Waals surface area contributed by atoms with E-state index in [4.69, 9.17) is 4.74 Å². The third kappa shape index (κ3) is 2.14. The highest BCUT2D eigenvalue weighted by Gasteiger charge is 2.58. The number of nitrogens with zero attached hydrogens (tertiary/aromatic N) is 3. The predicted molar refractivity (Wildman–Crippen MR) is 64.3 cm³/mol. The van der Waals surface area contributed by atoms with Crippen molar-refractivity contribution in [2.75, 3.05) is 6.61 Å². The van der Waals surface area contributed by atoms with Crippen LogP contribution in [0.2, 0.25) is 0 Å². The molecule has 0 amide bonds. The number of halogens is 2. The van der Waals surface area contributed by atoms with Gasteiger partial charge in [-0.2, -0.15) is 5.10 Å². The van der Waals surface area contributed by atoms with Gasteiger partial charge in [0.15, 0.2) is 5.43 Å². The molecule has 1 aliphatic carbocycles. The van der Waals surface area contributed by atoms with Crippen molar-refractivity contribution in [1.29, 1.82) is 0 Å². The van der Waals surface area contributed by atoms with E-state index in [0.29, 0.717) is 17.6 Å². The maximum absolute atomic E-state index is 12.7.